The molecule has 1 unspecified atom stereocenters. The average molecular weight is 422 g/mol. The molecular formula is C21H30N2O7. The number of hydrogen-bond acceptors (Lipinski definition) is 7. The summed E-state index contributed by atoms with van der Waals surface area (Å²) in [5, 5.41) is 12.7. The Morgan fingerprint density at radius 2 is 2.13 bits per heavy atom. The SMILES string of the molecule is CC1(C)OC[C@@H](COC(=O)CCc2ccc(OCC(O)CN3CCNC3=O)cc2)O1. The minimum Gasteiger partial charge on any atom is -0.491 e. The zero-order valence-corrected chi connectivity index (χ0v) is 17.5. The van der Waals surface area contributed by atoms with Crippen molar-refractivity contribution in [1.29, 1.82) is 0 Å². The zero-order chi connectivity index (χ0) is 21.6. The topological polar surface area (TPSA) is 107 Å². The number of aliphatic hydroxyl groups is 1. The fourth-order valence-electron chi connectivity index (χ4n) is 3.29. The van der Waals surface area contributed by atoms with E-state index in [0.29, 0.717) is 31.9 Å². The lowest BCUT2D eigenvalue weighted by molar-refractivity contribution is -0.158. The maximum atomic E-state index is 11.9. The van der Waals surface area contributed by atoms with Crippen LogP contribution in [-0.2, 0) is 25.4 Å². The molecule has 1 aromatic carbocycles. The van der Waals surface area contributed by atoms with Crippen LogP contribution in [0.25, 0.3) is 0 Å². The summed E-state index contributed by atoms with van der Waals surface area (Å²) >= 11 is 0. The highest BCUT2D eigenvalue weighted by Crippen LogP contribution is 2.22. The Kier molecular flexibility index (Phi) is 7.52. The Labute approximate surface area is 176 Å². The van der Waals surface area contributed by atoms with Gasteiger partial charge in [0.05, 0.1) is 13.2 Å². The van der Waals surface area contributed by atoms with Crippen molar-refractivity contribution in [2.24, 2.45) is 0 Å². The molecule has 0 aliphatic carbocycles. The molecule has 0 aromatic heterocycles. The minimum absolute atomic E-state index is 0.0964. The summed E-state index contributed by atoms with van der Waals surface area (Å²) in [6, 6.07) is 7.17. The van der Waals surface area contributed by atoms with Gasteiger partial charge < -0.3 is 34.3 Å². The first kappa shape index (κ1) is 22.3. The predicted molar refractivity (Wildman–Crippen MR) is 107 cm³/mol. The van der Waals surface area contributed by atoms with Gasteiger partial charge in [0.1, 0.15) is 31.2 Å². The average Bonchev–Trinajstić information content (AvgIpc) is 3.28. The summed E-state index contributed by atoms with van der Waals surface area (Å²) in [5.41, 5.74) is 0.982. The monoisotopic (exact) mass is 422 g/mol. The number of carbonyl (C=O) groups is 2. The van der Waals surface area contributed by atoms with Gasteiger partial charge in [-0.15, -0.1) is 0 Å². The highest BCUT2D eigenvalue weighted by molar-refractivity contribution is 5.76. The van der Waals surface area contributed by atoms with Crippen molar-refractivity contribution in [2.45, 2.75) is 44.7 Å². The third kappa shape index (κ3) is 6.86. The Morgan fingerprint density at radius 3 is 2.77 bits per heavy atom. The molecule has 2 atom stereocenters. The Bertz CT molecular complexity index is 723. The number of nitrogens with zero attached hydrogens (tertiary/aromatic N) is 1. The summed E-state index contributed by atoms with van der Waals surface area (Å²) in [7, 11) is 0. The third-order valence-corrected chi connectivity index (χ3v) is 4.86. The largest absolute Gasteiger partial charge is 0.491 e. The Morgan fingerprint density at radius 1 is 1.37 bits per heavy atom. The van der Waals surface area contributed by atoms with Crippen LogP contribution in [0, 0.1) is 0 Å². The molecule has 0 bridgehead atoms. The minimum atomic E-state index is -0.761. The van der Waals surface area contributed by atoms with Crippen molar-refractivity contribution in [3.8, 4) is 5.75 Å². The lowest BCUT2D eigenvalue weighted by atomic mass is 10.1. The second-order valence-electron chi connectivity index (χ2n) is 7.92. The molecule has 2 aliphatic rings. The third-order valence-electron chi connectivity index (χ3n) is 4.86. The van der Waals surface area contributed by atoms with E-state index in [1.54, 1.807) is 17.0 Å². The number of ether oxygens (including phenoxy) is 4. The number of carbonyl (C=O) groups excluding carboxylic acids is 2. The van der Waals surface area contributed by atoms with E-state index < -0.39 is 11.9 Å². The highest BCUT2D eigenvalue weighted by Gasteiger charge is 2.33. The van der Waals surface area contributed by atoms with Gasteiger partial charge in [0.25, 0.3) is 0 Å². The summed E-state index contributed by atoms with van der Waals surface area (Å²) < 4.78 is 21.9. The molecule has 2 amide bonds. The van der Waals surface area contributed by atoms with E-state index in [1.807, 2.05) is 26.0 Å². The predicted octanol–water partition coefficient (Wildman–Crippen LogP) is 1.08. The van der Waals surface area contributed by atoms with Crippen molar-refractivity contribution in [3.05, 3.63) is 29.8 Å². The summed E-state index contributed by atoms with van der Waals surface area (Å²) in [4.78, 5) is 25.0. The first-order valence-corrected chi connectivity index (χ1v) is 10.2. The van der Waals surface area contributed by atoms with Gasteiger partial charge >= 0.3 is 12.0 Å². The number of hydrogen-bond donors (Lipinski definition) is 2. The van der Waals surface area contributed by atoms with E-state index in [1.165, 1.54) is 0 Å². The van der Waals surface area contributed by atoms with Crippen LogP contribution in [-0.4, -0.2) is 79.5 Å². The first-order valence-electron chi connectivity index (χ1n) is 10.2. The van der Waals surface area contributed by atoms with Gasteiger partial charge in [-0.2, -0.15) is 0 Å². The van der Waals surface area contributed by atoms with Crippen molar-refractivity contribution in [3.63, 3.8) is 0 Å². The normalized spacial score (nSPS) is 21.4. The molecule has 0 radical (unpaired) electrons. The molecule has 30 heavy (non-hydrogen) atoms. The second kappa shape index (κ2) is 10.1. The van der Waals surface area contributed by atoms with Crippen LogP contribution in [0.4, 0.5) is 4.79 Å². The van der Waals surface area contributed by atoms with Gasteiger partial charge in [-0.25, -0.2) is 4.79 Å². The molecule has 3 rings (SSSR count). The second-order valence-corrected chi connectivity index (χ2v) is 7.92. The maximum Gasteiger partial charge on any atom is 0.317 e. The van der Waals surface area contributed by atoms with E-state index in [9.17, 15) is 14.7 Å². The maximum absolute atomic E-state index is 11.9. The van der Waals surface area contributed by atoms with Crippen molar-refractivity contribution >= 4 is 12.0 Å². The van der Waals surface area contributed by atoms with Crippen LogP contribution in [0.2, 0.25) is 0 Å². The van der Waals surface area contributed by atoms with E-state index in [-0.39, 0.29) is 44.3 Å². The lowest BCUT2D eigenvalue weighted by Crippen LogP contribution is -2.37. The van der Waals surface area contributed by atoms with E-state index in [0.717, 1.165) is 5.56 Å². The van der Waals surface area contributed by atoms with Gasteiger partial charge in [-0.3, -0.25) is 4.79 Å². The number of aryl methyl sites for hydroxylation is 1. The molecule has 0 saturated carbocycles. The molecule has 9 heteroatoms. The molecular weight excluding hydrogens is 392 g/mol. The number of amides is 2. The van der Waals surface area contributed by atoms with Crippen molar-refractivity contribution < 1.29 is 33.6 Å². The van der Waals surface area contributed by atoms with Gasteiger partial charge in [-0.05, 0) is 38.0 Å². The van der Waals surface area contributed by atoms with E-state index in [2.05, 4.69) is 5.32 Å². The fourth-order valence-corrected chi connectivity index (χ4v) is 3.29. The number of esters is 1. The summed E-state index contributed by atoms with van der Waals surface area (Å²) in [6.45, 7) is 5.79. The van der Waals surface area contributed by atoms with Crippen LogP contribution >= 0.6 is 0 Å². The smallest absolute Gasteiger partial charge is 0.317 e. The van der Waals surface area contributed by atoms with Crippen LogP contribution in [0.15, 0.2) is 24.3 Å². The molecule has 0 spiro atoms. The zero-order valence-electron chi connectivity index (χ0n) is 17.5. The van der Waals surface area contributed by atoms with Crippen LogP contribution in [0.1, 0.15) is 25.8 Å². The number of aliphatic hydroxyl groups excluding tert-OH is 1. The van der Waals surface area contributed by atoms with E-state index in [4.69, 9.17) is 18.9 Å². The molecule has 1 aromatic rings. The molecule has 2 heterocycles. The quantitative estimate of drug-likeness (QED) is 0.544. The summed E-state index contributed by atoms with van der Waals surface area (Å²) in [6.07, 6.45) is -0.161. The fraction of sp³-hybridized carbons (Fsp3) is 0.619. The van der Waals surface area contributed by atoms with Crippen LogP contribution < -0.4 is 10.1 Å². The number of rotatable bonds is 10. The Hall–Kier alpha value is -2.36. The molecule has 2 N–H and O–H groups in total. The molecule has 2 fully saturated rings. The summed E-state index contributed by atoms with van der Waals surface area (Å²) in [5.74, 6) is -0.287. The number of urea groups is 1. The van der Waals surface area contributed by atoms with Gasteiger partial charge in [0.15, 0.2) is 5.79 Å². The van der Waals surface area contributed by atoms with Crippen LogP contribution in [0.3, 0.4) is 0 Å². The number of nitrogens with one attached hydrogen (secondary N) is 1. The van der Waals surface area contributed by atoms with Gasteiger partial charge in [0, 0.05) is 19.5 Å². The standard InChI is InChI=1S/C21H30N2O7/c1-21(2)29-14-18(30-21)13-28-19(25)8-5-15-3-6-17(7-4-15)27-12-16(24)11-23-10-9-22-20(23)26/h3-4,6-7,16,18,24H,5,8-14H2,1-2H3,(H,22,26)/t16?,18-/m1/s1. The number of β-amino-alcohol motifs (C(OH)–C–C–N with tert-alkyl or cyclic N) is 1. The van der Waals surface area contributed by atoms with Gasteiger partial charge in [-0.1, -0.05) is 12.1 Å². The van der Waals surface area contributed by atoms with Crippen molar-refractivity contribution in [1.82, 2.24) is 10.2 Å². The molecule has 2 saturated heterocycles. The van der Waals surface area contributed by atoms with E-state index >= 15 is 0 Å². The first-order chi connectivity index (χ1) is 14.3. The van der Waals surface area contributed by atoms with Gasteiger partial charge in [0.2, 0.25) is 0 Å². The number of benzene rings is 1. The van der Waals surface area contributed by atoms with Crippen molar-refractivity contribution in [2.75, 3.05) is 39.5 Å². The Balaban J connectivity index is 1.32. The molecule has 2 aliphatic heterocycles. The molecule has 166 valence electrons. The highest BCUT2D eigenvalue weighted by atomic mass is 16.7. The van der Waals surface area contributed by atoms with Crippen LogP contribution in [0.5, 0.6) is 5.75 Å². The lowest BCUT2D eigenvalue weighted by Gasteiger charge is -2.19. The molecule has 9 nitrogen and oxygen atoms in total.